The normalized spacial score (nSPS) is 10.8. The number of benzene rings is 2. The highest BCUT2D eigenvalue weighted by Crippen LogP contribution is 2.26. The van der Waals surface area contributed by atoms with Gasteiger partial charge in [0.2, 0.25) is 0 Å². The molecule has 4 nitrogen and oxygen atoms in total. The molecule has 96 valence electrons. The quantitative estimate of drug-likeness (QED) is 0.689. The number of aromatic nitrogens is 2. The van der Waals surface area contributed by atoms with Crippen molar-refractivity contribution in [3.8, 4) is 11.4 Å². The third-order valence-corrected chi connectivity index (χ3v) is 3.18. The van der Waals surface area contributed by atoms with Crippen molar-refractivity contribution in [2.45, 2.75) is 0 Å². The molecule has 1 aromatic heterocycles. The summed E-state index contributed by atoms with van der Waals surface area (Å²) in [5.74, 6) is 0.844. The minimum Gasteiger partial charge on any atom is -0.397 e. The van der Waals surface area contributed by atoms with Crippen molar-refractivity contribution in [3.05, 3.63) is 42.5 Å². The van der Waals surface area contributed by atoms with E-state index in [0.29, 0.717) is 5.69 Å². The number of nitrogens with zero attached hydrogens (tertiary/aromatic N) is 2. The number of aromatic amines is 1. The van der Waals surface area contributed by atoms with Crippen LogP contribution in [0.1, 0.15) is 0 Å². The smallest absolute Gasteiger partial charge is 0.138 e. The van der Waals surface area contributed by atoms with E-state index < -0.39 is 0 Å². The van der Waals surface area contributed by atoms with Crippen molar-refractivity contribution >= 4 is 22.4 Å². The number of nitrogen functional groups attached to an aromatic ring is 1. The lowest BCUT2D eigenvalue weighted by Gasteiger charge is -2.12. The van der Waals surface area contributed by atoms with Crippen molar-refractivity contribution in [1.29, 1.82) is 0 Å². The molecule has 1 heterocycles. The van der Waals surface area contributed by atoms with Gasteiger partial charge in [-0.3, -0.25) is 0 Å². The lowest BCUT2D eigenvalue weighted by molar-refractivity contribution is 1.13. The van der Waals surface area contributed by atoms with Gasteiger partial charge in [0.05, 0.1) is 11.2 Å². The Bertz CT molecular complexity index is 728. The molecule has 0 spiro atoms. The number of hydrogen-bond acceptors (Lipinski definition) is 3. The minimum absolute atomic E-state index is 0.698. The van der Waals surface area contributed by atoms with Crippen LogP contribution in [0.3, 0.4) is 0 Å². The number of anilines is 2. The molecule has 0 saturated heterocycles. The number of H-pyrrole nitrogens is 1. The Morgan fingerprint density at radius 1 is 1.11 bits per heavy atom. The third-order valence-electron chi connectivity index (χ3n) is 3.18. The van der Waals surface area contributed by atoms with Gasteiger partial charge in [0.25, 0.3) is 0 Å². The number of para-hydroxylation sites is 1. The van der Waals surface area contributed by atoms with Crippen molar-refractivity contribution in [1.82, 2.24) is 9.97 Å². The summed E-state index contributed by atoms with van der Waals surface area (Å²) in [5.41, 5.74) is 10.6. The van der Waals surface area contributed by atoms with Crippen molar-refractivity contribution in [3.63, 3.8) is 0 Å². The van der Waals surface area contributed by atoms with E-state index in [0.717, 1.165) is 28.1 Å². The lowest BCUT2D eigenvalue weighted by atomic mass is 10.2. The van der Waals surface area contributed by atoms with Gasteiger partial charge in [-0.2, -0.15) is 0 Å². The molecule has 0 bridgehead atoms. The fourth-order valence-electron chi connectivity index (χ4n) is 2.12. The topological polar surface area (TPSA) is 57.9 Å². The Balaban J connectivity index is 2.14. The first kappa shape index (κ1) is 11.6. The van der Waals surface area contributed by atoms with Gasteiger partial charge in [-0.05, 0) is 24.3 Å². The van der Waals surface area contributed by atoms with E-state index in [4.69, 9.17) is 5.73 Å². The maximum atomic E-state index is 5.94. The molecule has 0 fully saturated rings. The Morgan fingerprint density at radius 3 is 2.63 bits per heavy atom. The van der Waals surface area contributed by atoms with Gasteiger partial charge in [-0.1, -0.05) is 18.2 Å². The van der Waals surface area contributed by atoms with Crippen LogP contribution in [-0.2, 0) is 0 Å². The second-order valence-electron chi connectivity index (χ2n) is 4.77. The fraction of sp³-hybridized carbons (Fsp3) is 0.133. The molecule has 3 aromatic rings. The summed E-state index contributed by atoms with van der Waals surface area (Å²) in [7, 11) is 4.05. The van der Waals surface area contributed by atoms with Crippen LogP contribution in [0.15, 0.2) is 42.5 Å². The molecule has 19 heavy (non-hydrogen) atoms. The summed E-state index contributed by atoms with van der Waals surface area (Å²) in [6.07, 6.45) is 0. The summed E-state index contributed by atoms with van der Waals surface area (Å²) in [6.45, 7) is 0. The van der Waals surface area contributed by atoms with Gasteiger partial charge in [0.15, 0.2) is 0 Å². The van der Waals surface area contributed by atoms with Crippen LogP contribution < -0.4 is 10.6 Å². The van der Waals surface area contributed by atoms with Crippen LogP contribution >= 0.6 is 0 Å². The van der Waals surface area contributed by atoms with Crippen molar-refractivity contribution in [2.24, 2.45) is 0 Å². The molecule has 0 atom stereocenters. The summed E-state index contributed by atoms with van der Waals surface area (Å²) >= 11 is 0. The molecule has 0 radical (unpaired) electrons. The van der Waals surface area contributed by atoms with E-state index in [1.165, 1.54) is 0 Å². The number of nitrogens with one attached hydrogen (secondary N) is 1. The molecular weight excluding hydrogens is 236 g/mol. The van der Waals surface area contributed by atoms with E-state index in [1.54, 1.807) is 0 Å². The zero-order valence-corrected chi connectivity index (χ0v) is 11.0. The van der Waals surface area contributed by atoms with Crippen LogP contribution in [0.4, 0.5) is 11.4 Å². The number of fused-ring (bicyclic) bond motifs is 1. The molecule has 0 unspecified atom stereocenters. The summed E-state index contributed by atoms with van der Waals surface area (Å²) in [6, 6.07) is 14.0. The number of nitrogens with two attached hydrogens (primary N) is 1. The predicted octanol–water partition coefficient (Wildman–Crippen LogP) is 2.88. The van der Waals surface area contributed by atoms with Gasteiger partial charge in [-0.25, -0.2) is 4.98 Å². The molecule has 2 aromatic carbocycles. The maximum Gasteiger partial charge on any atom is 0.138 e. The van der Waals surface area contributed by atoms with E-state index in [2.05, 4.69) is 27.0 Å². The number of hydrogen-bond donors (Lipinski definition) is 2. The zero-order valence-electron chi connectivity index (χ0n) is 11.0. The summed E-state index contributed by atoms with van der Waals surface area (Å²) < 4.78 is 0. The molecule has 0 aliphatic carbocycles. The zero-order chi connectivity index (χ0) is 13.4. The van der Waals surface area contributed by atoms with Crippen molar-refractivity contribution in [2.75, 3.05) is 24.7 Å². The van der Waals surface area contributed by atoms with Gasteiger partial charge < -0.3 is 15.6 Å². The minimum atomic E-state index is 0.698. The van der Waals surface area contributed by atoms with E-state index in [9.17, 15) is 0 Å². The Hall–Kier alpha value is -2.49. The molecule has 0 aliphatic heterocycles. The average Bonchev–Trinajstić information content (AvgIpc) is 2.84. The number of rotatable bonds is 2. The van der Waals surface area contributed by atoms with Crippen LogP contribution in [-0.4, -0.2) is 24.1 Å². The summed E-state index contributed by atoms with van der Waals surface area (Å²) in [4.78, 5) is 9.96. The highest BCUT2D eigenvalue weighted by atomic mass is 15.1. The largest absolute Gasteiger partial charge is 0.397 e. The average molecular weight is 252 g/mol. The van der Waals surface area contributed by atoms with Gasteiger partial charge in [0, 0.05) is 25.3 Å². The molecule has 4 heteroatoms. The first-order chi connectivity index (χ1) is 9.15. The predicted molar refractivity (Wildman–Crippen MR) is 80.3 cm³/mol. The fourth-order valence-corrected chi connectivity index (χ4v) is 2.12. The Morgan fingerprint density at radius 2 is 1.89 bits per heavy atom. The van der Waals surface area contributed by atoms with E-state index in [-0.39, 0.29) is 0 Å². The highest BCUT2D eigenvalue weighted by molar-refractivity contribution is 5.89. The van der Waals surface area contributed by atoms with Crippen LogP contribution in [0.5, 0.6) is 0 Å². The molecular formula is C15H16N4. The third kappa shape index (κ3) is 2.01. The van der Waals surface area contributed by atoms with E-state index in [1.807, 2.05) is 44.4 Å². The lowest BCUT2D eigenvalue weighted by Crippen LogP contribution is -2.08. The molecule has 3 N–H and O–H groups in total. The maximum absolute atomic E-state index is 5.94. The summed E-state index contributed by atoms with van der Waals surface area (Å²) in [5, 5.41) is 0. The second kappa shape index (κ2) is 4.31. The highest BCUT2D eigenvalue weighted by Gasteiger charge is 2.08. The van der Waals surface area contributed by atoms with Gasteiger partial charge in [-0.15, -0.1) is 0 Å². The monoisotopic (exact) mass is 252 g/mol. The molecule has 3 rings (SSSR count). The van der Waals surface area contributed by atoms with Crippen LogP contribution in [0, 0.1) is 0 Å². The van der Waals surface area contributed by atoms with Gasteiger partial charge in [0.1, 0.15) is 11.3 Å². The van der Waals surface area contributed by atoms with Gasteiger partial charge >= 0.3 is 0 Å². The molecule has 0 amide bonds. The first-order valence-corrected chi connectivity index (χ1v) is 6.17. The first-order valence-electron chi connectivity index (χ1n) is 6.17. The molecule has 0 saturated carbocycles. The molecule has 0 aliphatic rings. The van der Waals surface area contributed by atoms with Crippen LogP contribution in [0.2, 0.25) is 0 Å². The Labute approximate surface area is 111 Å². The Kier molecular flexibility index (Phi) is 2.63. The second-order valence-corrected chi connectivity index (χ2v) is 4.77. The SMILES string of the molecule is CN(C)c1cccc(-c2nc3c(N)cccc3[nH]2)c1. The van der Waals surface area contributed by atoms with Crippen LogP contribution in [0.25, 0.3) is 22.4 Å². The van der Waals surface area contributed by atoms with E-state index >= 15 is 0 Å². The number of imidazole rings is 1. The van der Waals surface area contributed by atoms with Crippen molar-refractivity contribution < 1.29 is 0 Å². The standard InChI is InChI=1S/C15H16N4/c1-19(2)11-6-3-5-10(9-11)15-17-13-8-4-7-12(16)14(13)18-15/h3-9H,16H2,1-2H3,(H,17,18).